The van der Waals surface area contributed by atoms with Crippen LogP contribution in [0.1, 0.15) is 36.9 Å². The van der Waals surface area contributed by atoms with E-state index >= 15 is 0 Å². The van der Waals surface area contributed by atoms with Gasteiger partial charge < -0.3 is 19.3 Å². The van der Waals surface area contributed by atoms with E-state index in [2.05, 4.69) is 38.6 Å². The third-order valence-electron chi connectivity index (χ3n) is 5.72. The van der Waals surface area contributed by atoms with Gasteiger partial charge in [0.05, 0.1) is 31.2 Å². The van der Waals surface area contributed by atoms with Crippen LogP contribution in [0.15, 0.2) is 46.4 Å². The molecular formula is C22H29N5O2. The summed E-state index contributed by atoms with van der Waals surface area (Å²) >= 11 is 0. The molecule has 0 aromatic carbocycles. The summed E-state index contributed by atoms with van der Waals surface area (Å²) in [5.41, 5.74) is 4.07. The Balaban J connectivity index is 1.55. The molecular weight excluding hydrogens is 366 g/mol. The summed E-state index contributed by atoms with van der Waals surface area (Å²) in [5.74, 6) is 1.54. The number of allylic oxidation sites excluding steroid dienone is 1. The second-order valence-electron chi connectivity index (χ2n) is 7.52. The lowest BCUT2D eigenvalue weighted by Crippen LogP contribution is -2.45. The molecule has 0 atom stereocenters. The van der Waals surface area contributed by atoms with Crippen LogP contribution in [-0.2, 0) is 9.47 Å². The predicted octanol–water partition coefficient (Wildman–Crippen LogP) is 2.88. The fraction of sp³-hybridized carbons (Fsp3) is 0.500. The molecule has 154 valence electrons. The smallest absolute Gasteiger partial charge is 0.124 e. The monoisotopic (exact) mass is 395 g/mol. The second kappa shape index (κ2) is 9.33. The van der Waals surface area contributed by atoms with Crippen molar-refractivity contribution in [2.75, 3.05) is 46.1 Å². The number of ether oxygens (including phenoxy) is 2. The van der Waals surface area contributed by atoms with Gasteiger partial charge in [-0.2, -0.15) is 0 Å². The number of aromatic nitrogens is 1. The van der Waals surface area contributed by atoms with Gasteiger partial charge in [-0.25, -0.2) is 4.99 Å². The van der Waals surface area contributed by atoms with Gasteiger partial charge in [-0.05, 0) is 38.6 Å². The number of hydrogen-bond acceptors (Lipinski definition) is 7. The normalized spacial score (nSPS) is 21.6. The third-order valence-corrected chi connectivity index (χ3v) is 5.72. The molecule has 0 saturated carbocycles. The first-order valence-electron chi connectivity index (χ1n) is 10.3. The van der Waals surface area contributed by atoms with Gasteiger partial charge in [0.25, 0.3) is 0 Å². The molecule has 0 amide bonds. The average Bonchev–Trinajstić information content (AvgIpc) is 2.81. The summed E-state index contributed by atoms with van der Waals surface area (Å²) in [6.45, 7) is 11.3. The predicted molar refractivity (Wildman–Crippen MR) is 115 cm³/mol. The first-order valence-corrected chi connectivity index (χ1v) is 10.3. The van der Waals surface area contributed by atoms with E-state index in [9.17, 15) is 0 Å². The number of pyridine rings is 1. The van der Waals surface area contributed by atoms with Crippen LogP contribution in [0.3, 0.4) is 0 Å². The molecule has 3 aliphatic rings. The van der Waals surface area contributed by atoms with Crippen LogP contribution >= 0.6 is 0 Å². The van der Waals surface area contributed by atoms with Crippen LogP contribution < -0.4 is 0 Å². The van der Waals surface area contributed by atoms with Crippen LogP contribution in [0.2, 0.25) is 0 Å². The van der Waals surface area contributed by atoms with Crippen molar-refractivity contribution < 1.29 is 9.47 Å². The van der Waals surface area contributed by atoms with Crippen LogP contribution in [-0.4, -0.2) is 73.4 Å². The minimum absolute atomic E-state index is 0.485. The molecule has 0 N–H and O–H groups in total. The van der Waals surface area contributed by atoms with Crippen molar-refractivity contribution >= 4 is 18.3 Å². The number of hydrogen-bond donors (Lipinski definition) is 0. The lowest BCUT2D eigenvalue weighted by atomic mass is 9.95. The van der Waals surface area contributed by atoms with E-state index in [1.807, 2.05) is 25.5 Å². The number of rotatable bonds is 4. The Morgan fingerprint density at radius 1 is 1.14 bits per heavy atom. The Bertz CT molecular complexity index is 803. The van der Waals surface area contributed by atoms with Gasteiger partial charge in [0.15, 0.2) is 0 Å². The van der Waals surface area contributed by atoms with Gasteiger partial charge >= 0.3 is 0 Å². The lowest BCUT2D eigenvalue weighted by molar-refractivity contribution is 0.0669. The largest absolute Gasteiger partial charge is 0.381 e. The summed E-state index contributed by atoms with van der Waals surface area (Å²) in [6.07, 6.45) is 7.89. The van der Waals surface area contributed by atoms with E-state index in [1.165, 1.54) is 0 Å². The van der Waals surface area contributed by atoms with Crippen LogP contribution in [0.5, 0.6) is 0 Å². The Hall–Kier alpha value is -2.51. The number of morpholine rings is 1. The van der Waals surface area contributed by atoms with Crippen molar-refractivity contribution in [3.63, 3.8) is 0 Å². The molecule has 29 heavy (non-hydrogen) atoms. The summed E-state index contributed by atoms with van der Waals surface area (Å²) in [4.78, 5) is 18.1. The highest BCUT2D eigenvalue weighted by molar-refractivity contribution is 5.87. The van der Waals surface area contributed by atoms with E-state index in [-0.39, 0.29) is 0 Å². The van der Waals surface area contributed by atoms with E-state index in [1.54, 1.807) is 0 Å². The summed E-state index contributed by atoms with van der Waals surface area (Å²) in [6, 6.07) is 4.29. The van der Waals surface area contributed by atoms with Gasteiger partial charge in [0.1, 0.15) is 5.84 Å². The molecule has 3 aliphatic heterocycles. The molecule has 0 unspecified atom stereocenters. The highest BCUT2D eigenvalue weighted by Gasteiger charge is 2.23. The minimum Gasteiger partial charge on any atom is -0.381 e. The van der Waals surface area contributed by atoms with E-state index in [0.717, 1.165) is 80.8 Å². The quantitative estimate of drug-likeness (QED) is 0.734. The maximum absolute atomic E-state index is 5.48. The second-order valence-corrected chi connectivity index (χ2v) is 7.52. The van der Waals surface area contributed by atoms with Gasteiger partial charge in [0, 0.05) is 62.1 Å². The molecule has 0 spiro atoms. The van der Waals surface area contributed by atoms with E-state index in [4.69, 9.17) is 14.5 Å². The zero-order chi connectivity index (χ0) is 20.1. The van der Waals surface area contributed by atoms with Gasteiger partial charge in [0.2, 0.25) is 0 Å². The zero-order valence-electron chi connectivity index (χ0n) is 17.1. The summed E-state index contributed by atoms with van der Waals surface area (Å²) in [5, 5.41) is 0. The van der Waals surface area contributed by atoms with Gasteiger partial charge in [-0.1, -0.05) is 0 Å². The summed E-state index contributed by atoms with van der Waals surface area (Å²) in [7, 11) is 0. The first kappa shape index (κ1) is 19.8. The minimum atomic E-state index is 0.485. The van der Waals surface area contributed by atoms with Crippen LogP contribution in [0.25, 0.3) is 5.70 Å². The van der Waals surface area contributed by atoms with Crippen molar-refractivity contribution in [2.45, 2.75) is 25.7 Å². The number of nitrogens with zero attached hydrogens (tertiary/aromatic N) is 5. The maximum Gasteiger partial charge on any atom is 0.124 e. The maximum atomic E-state index is 5.48. The number of aliphatic imine (C=N–C) groups is 2. The molecule has 7 heteroatoms. The molecule has 2 fully saturated rings. The van der Waals surface area contributed by atoms with Crippen molar-refractivity contribution in [1.82, 2.24) is 14.8 Å². The highest BCUT2D eigenvalue weighted by atomic mass is 16.5. The van der Waals surface area contributed by atoms with E-state index < -0.39 is 0 Å². The Morgan fingerprint density at radius 2 is 1.90 bits per heavy atom. The van der Waals surface area contributed by atoms with Crippen LogP contribution in [0, 0.1) is 0 Å². The van der Waals surface area contributed by atoms with Gasteiger partial charge in [-0.3, -0.25) is 9.98 Å². The molecule has 0 aliphatic carbocycles. The molecule has 4 rings (SSSR count). The van der Waals surface area contributed by atoms with Crippen molar-refractivity contribution in [1.29, 1.82) is 0 Å². The molecule has 0 radical (unpaired) electrons. The Labute approximate surface area is 172 Å². The SMILES string of the molecule is C=N/C(C)=C(/c1ccc(C2CCOCC2)nc1)N1C=CN=C(N2CCOCC2)C1. The fourth-order valence-corrected chi connectivity index (χ4v) is 4.04. The van der Waals surface area contributed by atoms with E-state index in [0.29, 0.717) is 12.5 Å². The van der Waals surface area contributed by atoms with Crippen molar-refractivity contribution in [3.05, 3.63) is 47.7 Å². The summed E-state index contributed by atoms with van der Waals surface area (Å²) < 4.78 is 11.0. The standard InChI is InChI=1S/C22H29N5O2/c1-17(23-2)22(19-3-4-20(25-15-19)18-5-11-28-12-6-18)27-8-7-24-21(16-27)26-9-13-29-14-10-26/h3-4,7-8,15,18H,2,5-6,9-14,16H2,1H3/b22-17-. The van der Waals surface area contributed by atoms with Crippen molar-refractivity contribution in [3.8, 4) is 0 Å². The fourth-order valence-electron chi connectivity index (χ4n) is 4.04. The average molecular weight is 396 g/mol. The topological polar surface area (TPSA) is 62.6 Å². The third kappa shape index (κ3) is 4.57. The molecule has 0 bridgehead atoms. The molecule has 1 aromatic heterocycles. The molecule has 4 heterocycles. The first-order chi connectivity index (χ1) is 14.3. The molecule has 2 saturated heterocycles. The highest BCUT2D eigenvalue weighted by Crippen LogP contribution is 2.29. The van der Waals surface area contributed by atoms with Crippen molar-refractivity contribution in [2.24, 2.45) is 9.98 Å². The molecule has 1 aromatic rings. The van der Waals surface area contributed by atoms with Gasteiger partial charge in [-0.15, -0.1) is 0 Å². The Morgan fingerprint density at radius 3 is 2.59 bits per heavy atom. The zero-order valence-corrected chi connectivity index (χ0v) is 17.1. The van der Waals surface area contributed by atoms with Crippen LogP contribution in [0.4, 0.5) is 0 Å². The molecule has 7 nitrogen and oxygen atoms in total. The Kier molecular flexibility index (Phi) is 6.36. The number of amidine groups is 1. The lowest BCUT2D eigenvalue weighted by Gasteiger charge is -2.35.